The molecule has 0 aromatic carbocycles. The Labute approximate surface area is 163 Å². The zero-order valence-corrected chi connectivity index (χ0v) is 15.9. The SMILES string of the molecule is C=C1NC(C)CCc2ncc(F)cc2C2CCCN2c2ccn3ncc1c3n2. The van der Waals surface area contributed by atoms with E-state index in [-0.39, 0.29) is 17.9 Å². The molecule has 2 aliphatic rings. The van der Waals surface area contributed by atoms with Crippen LogP contribution in [0.25, 0.3) is 11.3 Å². The monoisotopic (exact) mass is 378 g/mol. The van der Waals surface area contributed by atoms with Crippen molar-refractivity contribution in [3.8, 4) is 0 Å². The molecule has 2 atom stereocenters. The van der Waals surface area contributed by atoms with E-state index in [1.165, 1.54) is 6.20 Å². The number of aromatic nitrogens is 4. The van der Waals surface area contributed by atoms with Crippen LogP contribution in [0.3, 0.4) is 0 Å². The molecule has 1 N–H and O–H groups in total. The fourth-order valence-electron chi connectivity index (χ4n) is 4.38. The van der Waals surface area contributed by atoms with Crippen molar-refractivity contribution in [3.63, 3.8) is 0 Å². The van der Waals surface area contributed by atoms with Gasteiger partial charge < -0.3 is 10.2 Å². The average Bonchev–Trinajstić information content (AvgIpc) is 3.32. The van der Waals surface area contributed by atoms with Gasteiger partial charge in [0.2, 0.25) is 0 Å². The smallest absolute Gasteiger partial charge is 0.166 e. The van der Waals surface area contributed by atoms with Crippen LogP contribution in [-0.2, 0) is 6.42 Å². The Hall–Kier alpha value is -2.96. The van der Waals surface area contributed by atoms with Crippen molar-refractivity contribution in [1.29, 1.82) is 0 Å². The van der Waals surface area contributed by atoms with Gasteiger partial charge in [-0.3, -0.25) is 4.98 Å². The first-order valence-electron chi connectivity index (χ1n) is 9.81. The number of nitrogens with zero attached hydrogens (tertiary/aromatic N) is 5. The number of rotatable bonds is 0. The molecule has 5 rings (SSSR count). The summed E-state index contributed by atoms with van der Waals surface area (Å²) < 4.78 is 15.9. The second kappa shape index (κ2) is 6.58. The number of hydrogen-bond acceptors (Lipinski definition) is 5. The van der Waals surface area contributed by atoms with Crippen molar-refractivity contribution in [1.82, 2.24) is 24.9 Å². The summed E-state index contributed by atoms with van der Waals surface area (Å²) in [5.74, 6) is 0.600. The Kier molecular flexibility index (Phi) is 4.03. The number of hydrogen-bond donors (Lipinski definition) is 1. The third-order valence-electron chi connectivity index (χ3n) is 5.79. The average molecular weight is 378 g/mol. The lowest BCUT2D eigenvalue weighted by Crippen LogP contribution is -2.26. The minimum absolute atomic E-state index is 0.0896. The van der Waals surface area contributed by atoms with Gasteiger partial charge in [-0.05, 0) is 50.3 Å². The fraction of sp³-hybridized carbons (Fsp3) is 0.381. The van der Waals surface area contributed by atoms with Crippen LogP contribution in [0.5, 0.6) is 0 Å². The zero-order valence-electron chi connectivity index (χ0n) is 15.9. The fourth-order valence-corrected chi connectivity index (χ4v) is 4.38. The number of anilines is 1. The summed E-state index contributed by atoms with van der Waals surface area (Å²) in [6.07, 6.45) is 8.75. The van der Waals surface area contributed by atoms with Gasteiger partial charge in [0, 0.05) is 30.2 Å². The highest BCUT2D eigenvalue weighted by molar-refractivity contribution is 5.74. The molecule has 6 nitrogen and oxygen atoms in total. The molecule has 0 spiro atoms. The molecule has 28 heavy (non-hydrogen) atoms. The molecule has 0 aliphatic carbocycles. The maximum absolute atomic E-state index is 14.1. The predicted octanol–water partition coefficient (Wildman–Crippen LogP) is 3.50. The van der Waals surface area contributed by atoms with Gasteiger partial charge in [0.1, 0.15) is 11.6 Å². The Morgan fingerprint density at radius 3 is 3.07 bits per heavy atom. The third kappa shape index (κ3) is 2.82. The van der Waals surface area contributed by atoms with E-state index < -0.39 is 0 Å². The summed E-state index contributed by atoms with van der Waals surface area (Å²) >= 11 is 0. The van der Waals surface area contributed by atoms with Crippen LogP contribution >= 0.6 is 0 Å². The number of nitrogens with one attached hydrogen (secondary N) is 1. The van der Waals surface area contributed by atoms with Crippen molar-refractivity contribution in [3.05, 3.63) is 59.9 Å². The normalized spacial score (nSPS) is 22.2. The maximum Gasteiger partial charge on any atom is 0.166 e. The van der Waals surface area contributed by atoms with E-state index in [2.05, 4.69) is 33.8 Å². The number of pyridine rings is 1. The molecule has 5 heterocycles. The van der Waals surface area contributed by atoms with Gasteiger partial charge in [-0.15, -0.1) is 0 Å². The molecule has 3 aromatic heterocycles. The van der Waals surface area contributed by atoms with Crippen LogP contribution in [0, 0.1) is 5.82 Å². The van der Waals surface area contributed by atoms with Crippen molar-refractivity contribution >= 4 is 17.2 Å². The Bertz CT molecular complexity index is 1060. The Morgan fingerprint density at radius 1 is 1.29 bits per heavy atom. The van der Waals surface area contributed by atoms with Gasteiger partial charge in [-0.1, -0.05) is 6.58 Å². The summed E-state index contributed by atoms with van der Waals surface area (Å²) in [4.78, 5) is 11.6. The molecule has 2 aliphatic heterocycles. The molecule has 1 fully saturated rings. The number of aryl methyl sites for hydroxylation is 1. The minimum Gasteiger partial charge on any atom is -0.382 e. The molecule has 7 heteroatoms. The molecule has 0 radical (unpaired) electrons. The zero-order chi connectivity index (χ0) is 19.3. The van der Waals surface area contributed by atoms with Crippen molar-refractivity contribution in [2.75, 3.05) is 11.4 Å². The summed E-state index contributed by atoms with van der Waals surface area (Å²) in [5, 5.41) is 7.88. The van der Waals surface area contributed by atoms with Crippen LogP contribution in [0.1, 0.15) is 49.0 Å². The maximum atomic E-state index is 14.1. The van der Waals surface area contributed by atoms with Crippen molar-refractivity contribution < 1.29 is 4.39 Å². The molecular formula is C21H23FN6. The molecule has 2 bridgehead atoms. The van der Waals surface area contributed by atoms with Crippen molar-refractivity contribution in [2.24, 2.45) is 0 Å². The lowest BCUT2D eigenvalue weighted by atomic mass is 9.98. The highest BCUT2D eigenvalue weighted by Crippen LogP contribution is 2.37. The molecule has 2 unspecified atom stereocenters. The van der Waals surface area contributed by atoms with E-state index >= 15 is 0 Å². The summed E-state index contributed by atoms with van der Waals surface area (Å²) in [5.41, 5.74) is 4.46. The van der Waals surface area contributed by atoms with Crippen LogP contribution in [0.2, 0.25) is 0 Å². The van der Waals surface area contributed by atoms with E-state index in [4.69, 9.17) is 4.98 Å². The Morgan fingerprint density at radius 2 is 2.18 bits per heavy atom. The standard InChI is InChI=1S/C21H23FN6/c1-13-5-6-18-16(10-15(22)11-23-18)19-4-3-8-27(19)20-7-9-28-21(26-20)17(12-24-28)14(2)25-13/h7,9-13,19,25H,2-6,8H2,1H3. The summed E-state index contributed by atoms with van der Waals surface area (Å²) in [6.45, 7) is 7.22. The highest BCUT2D eigenvalue weighted by atomic mass is 19.1. The van der Waals surface area contributed by atoms with E-state index in [0.29, 0.717) is 0 Å². The van der Waals surface area contributed by atoms with E-state index in [1.807, 2.05) is 12.3 Å². The van der Waals surface area contributed by atoms with Crippen LogP contribution in [0.4, 0.5) is 10.2 Å². The first-order chi connectivity index (χ1) is 13.6. The quantitative estimate of drug-likeness (QED) is 0.649. The number of fused-ring (bicyclic) bond motifs is 5. The first kappa shape index (κ1) is 17.2. The Balaban J connectivity index is 1.69. The summed E-state index contributed by atoms with van der Waals surface area (Å²) in [7, 11) is 0. The second-order valence-electron chi connectivity index (χ2n) is 7.72. The van der Waals surface area contributed by atoms with E-state index in [1.54, 1.807) is 16.8 Å². The summed E-state index contributed by atoms with van der Waals surface area (Å²) in [6, 6.07) is 3.93. The van der Waals surface area contributed by atoms with Gasteiger partial charge in [0.15, 0.2) is 5.65 Å². The molecule has 0 saturated carbocycles. The molecule has 3 aromatic rings. The van der Waals surface area contributed by atoms with Gasteiger partial charge in [0.05, 0.1) is 24.0 Å². The number of halogens is 1. The largest absolute Gasteiger partial charge is 0.382 e. The van der Waals surface area contributed by atoms with Crippen LogP contribution in [-0.4, -0.2) is 32.2 Å². The molecular weight excluding hydrogens is 355 g/mol. The topological polar surface area (TPSA) is 58.4 Å². The first-order valence-corrected chi connectivity index (χ1v) is 9.81. The van der Waals surface area contributed by atoms with Gasteiger partial charge in [-0.25, -0.2) is 13.9 Å². The lowest BCUT2D eigenvalue weighted by Gasteiger charge is -2.27. The third-order valence-corrected chi connectivity index (χ3v) is 5.79. The minimum atomic E-state index is -0.282. The molecule has 1 saturated heterocycles. The second-order valence-corrected chi connectivity index (χ2v) is 7.72. The van der Waals surface area contributed by atoms with Crippen molar-refractivity contribution in [2.45, 2.75) is 44.7 Å². The van der Waals surface area contributed by atoms with E-state index in [0.717, 1.165) is 66.2 Å². The molecule has 0 amide bonds. The molecule has 144 valence electrons. The van der Waals surface area contributed by atoms with Crippen LogP contribution in [0.15, 0.2) is 37.3 Å². The van der Waals surface area contributed by atoms with Crippen LogP contribution < -0.4 is 10.2 Å². The lowest BCUT2D eigenvalue weighted by molar-refractivity contribution is 0.575. The van der Waals surface area contributed by atoms with E-state index in [9.17, 15) is 4.39 Å². The highest BCUT2D eigenvalue weighted by Gasteiger charge is 2.30. The van der Waals surface area contributed by atoms with Gasteiger partial charge in [-0.2, -0.15) is 5.10 Å². The predicted molar refractivity (Wildman–Crippen MR) is 106 cm³/mol. The van der Waals surface area contributed by atoms with Gasteiger partial charge in [0.25, 0.3) is 0 Å². The van der Waals surface area contributed by atoms with Gasteiger partial charge >= 0.3 is 0 Å².